The number of aliphatic imine (C=N–C) groups is 1. The summed E-state index contributed by atoms with van der Waals surface area (Å²) in [5.74, 6) is 0.486. The number of rotatable bonds is 7. The van der Waals surface area contributed by atoms with Gasteiger partial charge in [-0.1, -0.05) is 18.2 Å². The van der Waals surface area contributed by atoms with Gasteiger partial charge in [0.15, 0.2) is 5.96 Å². The smallest absolute Gasteiger partial charge is 0.191 e. The molecule has 1 aromatic heterocycles. The molecule has 2 aromatic rings. The second kappa shape index (κ2) is 10.5. The minimum Gasteiger partial charge on any atom is -0.379 e. The van der Waals surface area contributed by atoms with Crippen LogP contribution in [0.25, 0.3) is 0 Å². The van der Waals surface area contributed by atoms with Crippen LogP contribution in [0, 0.1) is 12.7 Å². The molecule has 3 rings (SSSR count). The van der Waals surface area contributed by atoms with E-state index in [-0.39, 0.29) is 11.9 Å². The first-order valence-electron chi connectivity index (χ1n) is 9.81. The molecule has 1 unspecified atom stereocenters. The predicted octanol–water partition coefficient (Wildman–Crippen LogP) is 3.32. The van der Waals surface area contributed by atoms with Crippen LogP contribution in [0.5, 0.6) is 0 Å². The van der Waals surface area contributed by atoms with Crippen molar-refractivity contribution < 1.29 is 9.13 Å². The molecule has 0 saturated carbocycles. The molecule has 1 aromatic carbocycles. The van der Waals surface area contributed by atoms with Crippen molar-refractivity contribution in [3.8, 4) is 0 Å². The van der Waals surface area contributed by atoms with E-state index in [1.54, 1.807) is 12.1 Å². The summed E-state index contributed by atoms with van der Waals surface area (Å²) in [5, 5.41) is 6.72. The van der Waals surface area contributed by atoms with E-state index in [0.717, 1.165) is 39.4 Å². The van der Waals surface area contributed by atoms with Crippen LogP contribution in [0.15, 0.2) is 41.4 Å². The summed E-state index contributed by atoms with van der Waals surface area (Å²) < 4.78 is 19.4. The quantitative estimate of drug-likeness (QED) is 0.549. The van der Waals surface area contributed by atoms with Crippen molar-refractivity contribution >= 4 is 17.3 Å². The molecule has 1 aliphatic heterocycles. The number of ether oxygens (including phenoxy) is 1. The van der Waals surface area contributed by atoms with E-state index in [1.807, 2.05) is 24.3 Å². The summed E-state index contributed by atoms with van der Waals surface area (Å²) in [7, 11) is 0. The molecule has 152 valence electrons. The maximum absolute atomic E-state index is 13.9. The van der Waals surface area contributed by atoms with Crippen molar-refractivity contribution in [3.63, 3.8) is 0 Å². The molecule has 0 amide bonds. The Morgan fingerprint density at radius 1 is 1.21 bits per heavy atom. The Balaban J connectivity index is 1.69. The zero-order valence-corrected chi connectivity index (χ0v) is 17.4. The standard InChI is InChI=1S/C21H29FN4OS/c1-3-23-21(24-14-17-6-4-5-7-18(17)22)25-15-19(20-9-8-16(2)28-20)26-10-12-27-13-11-26/h4-9,19H,3,10-15H2,1-2H3,(H2,23,24,25). The number of guanidine groups is 1. The summed E-state index contributed by atoms with van der Waals surface area (Å²) in [6, 6.07) is 11.4. The highest BCUT2D eigenvalue weighted by molar-refractivity contribution is 7.12. The first-order valence-corrected chi connectivity index (χ1v) is 10.6. The Kier molecular flexibility index (Phi) is 7.82. The lowest BCUT2D eigenvalue weighted by Gasteiger charge is -2.34. The fraction of sp³-hybridized carbons (Fsp3) is 0.476. The third-order valence-electron chi connectivity index (χ3n) is 4.75. The Hall–Kier alpha value is -1.96. The second-order valence-electron chi connectivity index (χ2n) is 6.78. The molecule has 0 spiro atoms. The maximum Gasteiger partial charge on any atom is 0.191 e. The van der Waals surface area contributed by atoms with Crippen LogP contribution in [0.3, 0.4) is 0 Å². The second-order valence-corrected chi connectivity index (χ2v) is 8.10. The van der Waals surface area contributed by atoms with E-state index in [1.165, 1.54) is 15.8 Å². The molecule has 1 fully saturated rings. The molecule has 1 atom stereocenters. The molecule has 0 radical (unpaired) electrons. The summed E-state index contributed by atoms with van der Waals surface area (Å²) in [6.07, 6.45) is 0. The van der Waals surface area contributed by atoms with Gasteiger partial charge in [-0.15, -0.1) is 11.3 Å². The van der Waals surface area contributed by atoms with Gasteiger partial charge in [-0.25, -0.2) is 9.38 Å². The van der Waals surface area contributed by atoms with Crippen molar-refractivity contribution in [1.29, 1.82) is 0 Å². The van der Waals surface area contributed by atoms with E-state index < -0.39 is 0 Å². The van der Waals surface area contributed by atoms with Crippen molar-refractivity contribution in [1.82, 2.24) is 15.5 Å². The Bertz CT molecular complexity index is 773. The van der Waals surface area contributed by atoms with Gasteiger partial charge in [0, 0.05) is 41.5 Å². The van der Waals surface area contributed by atoms with E-state index in [0.29, 0.717) is 18.1 Å². The number of hydrogen-bond donors (Lipinski definition) is 2. The highest BCUT2D eigenvalue weighted by Crippen LogP contribution is 2.27. The summed E-state index contributed by atoms with van der Waals surface area (Å²) >= 11 is 1.83. The minimum absolute atomic E-state index is 0.220. The summed E-state index contributed by atoms with van der Waals surface area (Å²) in [5.41, 5.74) is 0.596. The largest absolute Gasteiger partial charge is 0.379 e. The molecule has 1 saturated heterocycles. The zero-order valence-electron chi connectivity index (χ0n) is 16.6. The van der Waals surface area contributed by atoms with Crippen molar-refractivity contribution in [3.05, 3.63) is 57.5 Å². The van der Waals surface area contributed by atoms with Gasteiger partial charge in [0.1, 0.15) is 5.82 Å². The molecule has 2 N–H and O–H groups in total. The fourth-order valence-electron chi connectivity index (χ4n) is 3.26. The number of hydrogen-bond acceptors (Lipinski definition) is 4. The predicted molar refractivity (Wildman–Crippen MR) is 113 cm³/mol. The van der Waals surface area contributed by atoms with Gasteiger partial charge in [0.25, 0.3) is 0 Å². The van der Waals surface area contributed by atoms with Crippen LogP contribution >= 0.6 is 11.3 Å². The number of nitrogens with zero attached hydrogens (tertiary/aromatic N) is 2. The third kappa shape index (κ3) is 5.77. The van der Waals surface area contributed by atoms with Crippen molar-refractivity contribution in [2.24, 2.45) is 4.99 Å². The average molecular weight is 405 g/mol. The van der Waals surface area contributed by atoms with Crippen molar-refractivity contribution in [2.75, 3.05) is 39.4 Å². The highest BCUT2D eigenvalue weighted by Gasteiger charge is 2.24. The maximum atomic E-state index is 13.9. The summed E-state index contributed by atoms with van der Waals surface area (Å²) in [4.78, 5) is 9.69. The van der Waals surface area contributed by atoms with Gasteiger partial charge in [-0.2, -0.15) is 0 Å². The van der Waals surface area contributed by atoms with Crippen molar-refractivity contribution in [2.45, 2.75) is 26.4 Å². The Morgan fingerprint density at radius 2 is 2.00 bits per heavy atom. The summed E-state index contributed by atoms with van der Waals surface area (Å²) in [6.45, 7) is 9.35. The number of morpholine rings is 1. The van der Waals surface area contributed by atoms with Gasteiger partial charge < -0.3 is 15.4 Å². The van der Waals surface area contributed by atoms with Crippen LogP contribution in [-0.2, 0) is 11.3 Å². The number of benzene rings is 1. The topological polar surface area (TPSA) is 48.9 Å². The number of halogens is 1. The van der Waals surface area contributed by atoms with Crippen LogP contribution in [0.4, 0.5) is 4.39 Å². The zero-order chi connectivity index (χ0) is 19.8. The van der Waals surface area contributed by atoms with Crippen LogP contribution in [-0.4, -0.2) is 50.3 Å². The lowest BCUT2D eigenvalue weighted by molar-refractivity contribution is 0.0177. The van der Waals surface area contributed by atoms with E-state index in [4.69, 9.17) is 4.74 Å². The Morgan fingerprint density at radius 3 is 2.68 bits per heavy atom. The molecule has 0 bridgehead atoms. The monoisotopic (exact) mass is 404 g/mol. The van der Waals surface area contributed by atoms with Crippen LogP contribution in [0.2, 0.25) is 0 Å². The minimum atomic E-state index is -0.220. The molecule has 7 heteroatoms. The van der Waals surface area contributed by atoms with Crippen LogP contribution in [0.1, 0.15) is 28.3 Å². The number of nitrogens with one attached hydrogen (secondary N) is 2. The average Bonchev–Trinajstić information content (AvgIpc) is 3.14. The SMILES string of the molecule is CCNC(=NCc1ccccc1F)NCC(c1ccc(C)s1)N1CCOCC1. The third-order valence-corrected chi connectivity index (χ3v) is 5.85. The first-order chi connectivity index (χ1) is 13.7. The molecule has 5 nitrogen and oxygen atoms in total. The molecular weight excluding hydrogens is 375 g/mol. The highest BCUT2D eigenvalue weighted by atomic mass is 32.1. The number of thiophene rings is 1. The lowest BCUT2D eigenvalue weighted by Crippen LogP contribution is -2.46. The molecule has 0 aliphatic carbocycles. The fourth-order valence-corrected chi connectivity index (χ4v) is 4.27. The molecule has 2 heterocycles. The van der Waals surface area contributed by atoms with Gasteiger partial charge in [-0.05, 0) is 32.0 Å². The lowest BCUT2D eigenvalue weighted by atomic mass is 10.2. The number of aryl methyl sites for hydroxylation is 1. The molecule has 28 heavy (non-hydrogen) atoms. The normalized spacial score (nSPS) is 16.8. The van der Waals surface area contributed by atoms with Gasteiger partial charge >= 0.3 is 0 Å². The van der Waals surface area contributed by atoms with E-state index in [9.17, 15) is 4.39 Å². The molecule has 1 aliphatic rings. The van der Waals surface area contributed by atoms with E-state index >= 15 is 0 Å². The molecular formula is C21H29FN4OS. The van der Waals surface area contributed by atoms with E-state index in [2.05, 4.69) is 39.6 Å². The first kappa shape index (κ1) is 20.8. The van der Waals surface area contributed by atoms with Gasteiger partial charge in [0.2, 0.25) is 0 Å². The van der Waals surface area contributed by atoms with Gasteiger partial charge in [-0.3, -0.25) is 4.90 Å². The van der Waals surface area contributed by atoms with Crippen LogP contribution < -0.4 is 10.6 Å². The Labute approximate surface area is 170 Å². The van der Waals surface area contributed by atoms with Gasteiger partial charge in [0.05, 0.1) is 25.8 Å².